The van der Waals surface area contributed by atoms with E-state index in [2.05, 4.69) is 10.2 Å². The van der Waals surface area contributed by atoms with Gasteiger partial charge in [-0.3, -0.25) is 4.79 Å². The molecule has 0 aliphatic rings. The molecule has 0 aliphatic heterocycles. The van der Waals surface area contributed by atoms with Crippen LogP contribution >= 0.6 is 0 Å². The molecule has 0 aromatic heterocycles. The predicted molar refractivity (Wildman–Crippen MR) is 117 cm³/mol. The second-order valence-corrected chi connectivity index (χ2v) is 7.09. The molecule has 3 N–H and O–H groups in total. The van der Waals surface area contributed by atoms with Crippen LogP contribution in [-0.4, -0.2) is 28.1 Å². The van der Waals surface area contributed by atoms with Gasteiger partial charge >= 0.3 is 11.9 Å². The van der Waals surface area contributed by atoms with E-state index in [-0.39, 0.29) is 17.0 Å². The average molecular weight is 418 g/mol. The van der Waals surface area contributed by atoms with E-state index in [9.17, 15) is 14.4 Å². The van der Waals surface area contributed by atoms with E-state index >= 15 is 0 Å². The first kappa shape index (κ1) is 21.6. The molecule has 0 aliphatic carbocycles. The molecule has 0 spiro atoms. The normalized spacial score (nSPS) is 10.4. The first-order valence-corrected chi connectivity index (χ1v) is 9.59. The molecule has 0 saturated carbocycles. The van der Waals surface area contributed by atoms with Gasteiger partial charge < -0.3 is 20.4 Å². The second kappa shape index (κ2) is 9.58. The lowest BCUT2D eigenvalue weighted by Gasteiger charge is -2.26. The van der Waals surface area contributed by atoms with Gasteiger partial charge in [-0.25, -0.2) is 9.59 Å². The topological polar surface area (TPSA) is 107 Å². The van der Waals surface area contributed by atoms with Gasteiger partial charge in [0.1, 0.15) is 0 Å². The van der Waals surface area contributed by atoms with Gasteiger partial charge in [0.15, 0.2) is 0 Å². The standard InChI is InChI=1S/C24H22N2O5/c1-16(27)25-21-3-2-4-22(13-21)26(14-17-5-9-19(10-6-17)23(28)29)15-18-7-11-20(12-8-18)24(30)31/h2-13H,14-15H2,1H3,(H,25,27)(H,28,29)(H,30,31). The summed E-state index contributed by atoms with van der Waals surface area (Å²) in [6, 6.07) is 20.7. The van der Waals surface area contributed by atoms with Crippen molar-refractivity contribution in [2.75, 3.05) is 10.2 Å². The largest absolute Gasteiger partial charge is 0.478 e. The van der Waals surface area contributed by atoms with E-state index in [1.54, 1.807) is 54.6 Å². The molecule has 31 heavy (non-hydrogen) atoms. The molecule has 0 fully saturated rings. The number of carboxylic acid groups (broad SMARTS) is 2. The summed E-state index contributed by atoms with van der Waals surface area (Å²) in [7, 11) is 0. The van der Waals surface area contributed by atoms with Gasteiger partial charge in [-0.1, -0.05) is 30.3 Å². The minimum atomic E-state index is -0.982. The van der Waals surface area contributed by atoms with Crippen LogP contribution in [0.4, 0.5) is 11.4 Å². The second-order valence-electron chi connectivity index (χ2n) is 7.09. The molecule has 0 saturated heterocycles. The molecule has 0 radical (unpaired) electrons. The van der Waals surface area contributed by atoms with Crippen LogP contribution in [0.15, 0.2) is 72.8 Å². The number of carbonyl (C=O) groups is 3. The van der Waals surface area contributed by atoms with E-state index in [0.29, 0.717) is 18.8 Å². The molecule has 7 nitrogen and oxygen atoms in total. The van der Waals surface area contributed by atoms with Gasteiger partial charge in [0, 0.05) is 31.4 Å². The Kier molecular flexibility index (Phi) is 6.67. The van der Waals surface area contributed by atoms with E-state index in [1.807, 2.05) is 18.2 Å². The minimum absolute atomic E-state index is 0.169. The smallest absolute Gasteiger partial charge is 0.335 e. The van der Waals surface area contributed by atoms with Crippen LogP contribution in [0.3, 0.4) is 0 Å². The van der Waals surface area contributed by atoms with Gasteiger partial charge in [0.05, 0.1) is 11.1 Å². The first-order valence-electron chi connectivity index (χ1n) is 9.59. The van der Waals surface area contributed by atoms with E-state index in [1.165, 1.54) is 6.92 Å². The Labute approximate surface area is 179 Å². The molecule has 1 amide bonds. The maximum absolute atomic E-state index is 11.4. The third kappa shape index (κ3) is 5.93. The van der Waals surface area contributed by atoms with Crippen molar-refractivity contribution >= 4 is 29.2 Å². The molecule has 3 aromatic rings. The summed E-state index contributed by atoms with van der Waals surface area (Å²) in [5, 5.41) is 21.0. The summed E-state index contributed by atoms with van der Waals surface area (Å²) in [6.45, 7) is 2.42. The highest BCUT2D eigenvalue weighted by Gasteiger charge is 2.12. The summed E-state index contributed by atoms with van der Waals surface area (Å²) < 4.78 is 0. The monoisotopic (exact) mass is 418 g/mol. The highest BCUT2D eigenvalue weighted by atomic mass is 16.4. The van der Waals surface area contributed by atoms with E-state index in [0.717, 1.165) is 16.8 Å². The Morgan fingerprint density at radius 2 is 1.26 bits per heavy atom. The summed E-state index contributed by atoms with van der Waals surface area (Å²) in [4.78, 5) is 35.7. The summed E-state index contributed by atoms with van der Waals surface area (Å²) in [5.74, 6) is -2.13. The third-order valence-corrected chi connectivity index (χ3v) is 4.68. The number of anilines is 2. The summed E-state index contributed by atoms with van der Waals surface area (Å²) >= 11 is 0. The van der Waals surface area contributed by atoms with Crippen molar-refractivity contribution in [1.82, 2.24) is 0 Å². The highest BCUT2D eigenvalue weighted by Crippen LogP contribution is 2.24. The maximum atomic E-state index is 11.4. The number of benzene rings is 3. The van der Waals surface area contributed by atoms with E-state index < -0.39 is 11.9 Å². The van der Waals surface area contributed by atoms with Crippen molar-refractivity contribution < 1.29 is 24.6 Å². The number of rotatable bonds is 8. The van der Waals surface area contributed by atoms with Crippen LogP contribution in [0.1, 0.15) is 38.8 Å². The van der Waals surface area contributed by atoms with Crippen LogP contribution < -0.4 is 10.2 Å². The zero-order valence-electron chi connectivity index (χ0n) is 16.9. The number of carboxylic acids is 2. The SMILES string of the molecule is CC(=O)Nc1cccc(N(Cc2ccc(C(=O)O)cc2)Cc2ccc(C(=O)O)cc2)c1. The Balaban J connectivity index is 1.90. The number of nitrogens with one attached hydrogen (secondary N) is 1. The number of hydrogen-bond acceptors (Lipinski definition) is 4. The highest BCUT2D eigenvalue weighted by molar-refractivity contribution is 5.89. The van der Waals surface area contributed by atoms with Gasteiger partial charge in [0.2, 0.25) is 5.91 Å². The average Bonchev–Trinajstić information content (AvgIpc) is 2.74. The van der Waals surface area contributed by atoms with Gasteiger partial charge in [-0.15, -0.1) is 0 Å². The fraction of sp³-hybridized carbons (Fsp3) is 0.125. The Morgan fingerprint density at radius 1 is 0.774 bits per heavy atom. The van der Waals surface area contributed by atoms with Gasteiger partial charge in [-0.2, -0.15) is 0 Å². The van der Waals surface area contributed by atoms with Crippen LogP contribution in [0.25, 0.3) is 0 Å². The zero-order valence-corrected chi connectivity index (χ0v) is 16.9. The first-order chi connectivity index (χ1) is 14.8. The van der Waals surface area contributed by atoms with Crippen LogP contribution in [0, 0.1) is 0 Å². The quantitative estimate of drug-likeness (QED) is 0.505. The van der Waals surface area contributed by atoms with Crippen LogP contribution in [-0.2, 0) is 17.9 Å². The zero-order chi connectivity index (χ0) is 22.4. The maximum Gasteiger partial charge on any atom is 0.335 e. The molecule has 0 heterocycles. The minimum Gasteiger partial charge on any atom is -0.478 e. The van der Waals surface area contributed by atoms with Crippen molar-refractivity contribution in [3.05, 3.63) is 95.1 Å². The number of nitrogens with zero attached hydrogens (tertiary/aromatic N) is 1. The number of carbonyl (C=O) groups excluding carboxylic acids is 1. The number of amides is 1. The van der Waals surface area contributed by atoms with Gasteiger partial charge in [-0.05, 0) is 53.6 Å². The Hall–Kier alpha value is -4.13. The summed E-state index contributed by atoms with van der Waals surface area (Å²) in [6.07, 6.45) is 0. The Bertz CT molecular complexity index is 1030. The molecule has 0 atom stereocenters. The molecule has 0 bridgehead atoms. The lowest BCUT2D eigenvalue weighted by atomic mass is 10.1. The molecular weight excluding hydrogens is 396 g/mol. The molecular formula is C24H22N2O5. The number of aromatic carboxylic acids is 2. The summed E-state index contributed by atoms with van der Waals surface area (Å²) in [5.41, 5.74) is 3.78. The third-order valence-electron chi connectivity index (χ3n) is 4.68. The van der Waals surface area contributed by atoms with E-state index in [4.69, 9.17) is 10.2 Å². The number of hydrogen-bond donors (Lipinski definition) is 3. The van der Waals surface area contributed by atoms with Crippen LogP contribution in [0.5, 0.6) is 0 Å². The van der Waals surface area contributed by atoms with Crippen molar-refractivity contribution in [3.8, 4) is 0 Å². The van der Waals surface area contributed by atoms with Crippen molar-refractivity contribution in [3.63, 3.8) is 0 Å². The van der Waals surface area contributed by atoms with Crippen molar-refractivity contribution in [2.45, 2.75) is 20.0 Å². The fourth-order valence-corrected chi connectivity index (χ4v) is 3.17. The molecule has 0 unspecified atom stereocenters. The molecule has 3 rings (SSSR count). The van der Waals surface area contributed by atoms with Crippen molar-refractivity contribution in [2.24, 2.45) is 0 Å². The van der Waals surface area contributed by atoms with Gasteiger partial charge in [0.25, 0.3) is 0 Å². The predicted octanol–water partition coefficient (Wildman–Crippen LogP) is 4.25. The lowest BCUT2D eigenvalue weighted by Crippen LogP contribution is -2.22. The Morgan fingerprint density at radius 3 is 1.68 bits per heavy atom. The molecule has 7 heteroatoms. The lowest BCUT2D eigenvalue weighted by molar-refractivity contribution is -0.114. The molecule has 158 valence electrons. The fourth-order valence-electron chi connectivity index (χ4n) is 3.17. The van der Waals surface area contributed by atoms with Crippen molar-refractivity contribution in [1.29, 1.82) is 0 Å². The van der Waals surface area contributed by atoms with Crippen LogP contribution in [0.2, 0.25) is 0 Å². The molecule has 3 aromatic carbocycles.